The van der Waals surface area contributed by atoms with Gasteiger partial charge in [-0.2, -0.15) is 0 Å². The monoisotopic (exact) mass is 291 g/mol. The van der Waals surface area contributed by atoms with Crippen molar-refractivity contribution >= 4 is 11.6 Å². The Morgan fingerprint density at radius 2 is 2.10 bits per heavy atom. The molecule has 1 aliphatic heterocycles. The molecule has 0 saturated heterocycles. The van der Waals surface area contributed by atoms with Crippen LogP contribution in [0.2, 0.25) is 5.02 Å². The second-order valence-corrected chi connectivity index (χ2v) is 5.06. The topological polar surface area (TPSA) is 51.6 Å². The van der Waals surface area contributed by atoms with E-state index < -0.39 is 12.2 Å². The van der Waals surface area contributed by atoms with Gasteiger partial charge in [-0.25, -0.2) is 0 Å². The SMILES string of the molecule is OC(Cc1ccncc1Cl)C1COc2ccccc2O1. The fraction of sp³-hybridized carbons (Fsp3) is 0.267. The van der Waals surface area contributed by atoms with Crippen LogP contribution in [0, 0.1) is 0 Å². The predicted molar refractivity (Wildman–Crippen MR) is 75.3 cm³/mol. The normalized spacial score (nSPS) is 18.6. The lowest BCUT2D eigenvalue weighted by atomic mass is 10.0. The summed E-state index contributed by atoms with van der Waals surface area (Å²) in [6.07, 6.45) is 2.52. The third kappa shape index (κ3) is 2.71. The third-order valence-electron chi connectivity index (χ3n) is 3.25. The molecule has 2 unspecified atom stereocenters. The second kappa shape index (κ2) is 5.69. The van der Waals surface area contributed by atoms with Crippen molar-refractivity contribution in [3.8, 4) is 11.5 Å². The summed E-state index contributed by atoms with van der Waals surface area (Å²) in [6.45, 7) is 0.320. The summed E-state index contributed by atoms with van der Waals surface area (Å²) in [5.41, 5.74) is 0.844. The number of hydrogen-bond donors (Lipinski definition) is 1. The molecule has 2 heterocycles. The van der Waals surface area contributed by atoms with Gasteiger partial charge in [0, 0.05) is 18.8 Å². The molecule has 1 aliphatic rings. The Morgan fingerprint density at radius 1 is 1.30 bits per heavy atom. The lowest BCUT2D eigenvalue weighted by Gasteiger charge is -2.29. The molecule has 4 nitrogen and oxygen atoms in total. The van der Waals surface area contributed by atoms with Gasteiger partial charge < -0.3 is 14.6 Å². The molecule has 0 radical (unpaired) electrons. The van der Waals surface area contributed by atoms with Crippen LogP contribution in [-0.4, -0.2) is 28.9 Å². The molecule has 0 spiro atoms. The van der Waals surface area contributed by atoms with Gasteiger partial charge in [-0.05, 0) is 23.8 Å². The van der Waals surface area contributed by atoms with Gasteiger partial charge in [-0.15, -0.1) is 0 Å². The van der Waals surface area contributed by atoms with Crippen LogP contribution in [0.4, 0.5) is 0 Å². The Balaban J connectivity index is 1.70. The van der Waals surface area contributed by atoms with Gasteiger partial charge in [0.1, 0.15) is 6.61 Å². The highest BCUT2D eigenvalue weighted by atomic mass is 35.5. The largest absolute Gasteiger partial charge is 0.486 e. The van der Waals surface area contributed by atoms with Gasteiger partial charge in [0.25, 0.3) is 0 Å². The summed E-state index contributed by atoms with van der Waals surface area (Å²) in [5.74, 6) is 1.36. The van der Waals surface area contributed by atoms with Crippen molar-refractivity contribution in [1.82, 2.24) is 4.98 Å². The van der Waals surface area contributed by atoms with Gasteiger partial charge in [0.15, 0.2) is 17.6 Å². The fourth-order valence-corrected chi connectivity index (χ4v) is 2.35. The highest BCUT2D eigenvalue weighted by molar-refractivity contribution is 6.31. The standard InChI is InChI=1S/C15H14ClNO3/c16-11-8-17-6-5-10(11)7-12(18)15-9-19-13-3-1-2-4-14(13)20-15/h1-6,8,12,15,18H,7,9H2. The summed E-state index contributed by atoms with van der Waals surface area (Å²) in [4.78, 5) is 3.92. The van der Waals surface area contributed by atoms with Crippen molar-refractivity contribution in [2.45, 2.75) is 18.6 Å². The number of benzene rings is 1. The van der Waals surface area contributed by atoms with Crippen molar-refractivity contribution < 1.29 is 14.6 Å². The van der Waals surface area contributed by atoms with Crippen molar-refractivity contribution in [2.24, 2.45) is 0 Å². The first-order valence-electron chi connectivity index (χ1n) is 6.39. The minimum atomic E-state index is -0.691. The second-order valence-electron chi connectivity index (χ2n) is 4.65. The van der Waals surface area contributed by atoms with E-state index in [-0.39, 0.29) is 0 Å². The molecule has 2 atom stereocenters. The molecule has 104 valence electrons. The minimum Gasteiger partial charge on any atom is -0.486 e. The quantitative estimate of drug-likeness (QED) is 0.944. The van der Waals surface area contributed by atoms with Crippen molar-refractivity contribution in [3.63, 3.8) is 0 Å². The van der Waals surface area contributed by atoms with Crippen LogP contribution in [0.25, 0.3) is 0 Å². The van der Waals surface area contributed by atoms with Crippen molar-refractivity contribution in [3.05, 3.63) is 53.3 Å². The van der Waals surface area contributed by atoms with E-state index in [9.17, 15) is 5.11 Å². The lowest BCUT2D eigenvalue weighted by molar-refractivity contribution is -0.00941. The zero-order valence-corrected chi connectivity index (χ0v) is 11.5. The Kier molecular flexibility index (Phi) is 3.76. The molecule has 1 aromatic carbocycles. The number of ether oxygens (including phenoxy) is 2. The van der Waals surface area contributed by atoms with Crippen molar-refractivity contribution in [2.75, 3.05) is 6.61 Å². The Labute approximate surface area is 121 Å². The molecule has 1 aromatic heterocycles. The van der Waals surface area contributed by atoms with Gasteiger partial charge >= 0.3 is 0 Å². The molecule has 3 rings (SSSR count). The van der Waals surface area contributed by atoms with E-state index >= 15 is 0 Å². The molecular weight excluding hydrogens is 278 g/mol. The number of aliphatic hydroxyl groups is 1. The number of pyridine rings is 1. The van der Waals surface area contributed by atoms with Crippen LogP contribution in [0.3, 0.4) is 0 Å². The third-order valence-corrected chi connectivity index (χ3v) is 3.59. The number of halogens is 1. The lowest BCUT2D eigenvalue weighted by Crippen LogP contribution is -2.40. The summed E-state index contributed by atoms with van der Waals surface area (Å²) >= 11 is 6.04. The molecule has 0 fully saturated rings. The first-order valence-corrected chi connectivity index (χ1v) is 6.77. The average molecular weight is 292 g/mol. The zero-order chi connectivity index (χ0) is 13.9. The van der Waals surface area contributed by atoms with Crippen LogP contribution >= 0.6 is 11.6 Å². The first-order chi connectivity index (χ1) is 9.74. The highest BCUT2D eigenvalue weighted by Crippen LogP contribution is 2.32. The van der Waals surface area contributed by atoms with Crippen LogP contribution in [0.5, 0.6) is 11.5 Å². The molecule has 0 amide bonds. The van der Waals surface area contributed by atoms with Gasteiger partial charge in [0.2, 0.25) is 0 Å². The van der Waals surface area contributed by atoms with Gasteiger partial charge in [-0.3, -0.25) is 4.98 Å². The number of para-hydroxylation sites is 2. The number of fused-ring (bicyclic) bond motifs is 1. The first kappa shape index (κ1) is 13.2. The highest BCUT2D eigenvalue weighted by Gasteiger charge is 2.27. The fourth-order valence-electron chi connectivity index (χ4n) is 2.15. The summed E-state index contributed by atoms with van der Waals surface area (Å²) in [5, 5.41) is 10.8. The number of nitrogens with zero attached hydrogens (tertiary/aromatic N) is 1. The maximum Gasteiger partial charge on any atom is 0.161 e. The molecule has 1 N–H and O–H groups in total. The van der Waals surface area contributed by atoms with Gasteiger partial charge in [0.05, 0.1) is 11.1 Å². The number of rotatable bonds is 3. The molecule has 0 bridgehead atoms. The number of hydrogen-bond acceptors (Lipinski definition) is 4. The number of aliphatic hydroxyl groups excluding tert-OH is 1. The van der Waals surface area contributed by atoms with Gasteiger partial charge in [-0.1, -0.05) is 23.7 Å². The zero-order valence-electron chi connectivity index (χ0n) is 10.7. The molecular formula is C15H14ClNO3. The molecule has 0 aliphatic carbocycles. The number of aromatic nitrogens is 1. The summed E-state index contributed by atoms with van der Waals surface area (Å²) in [6, 6.07) is 9.22. The smallest absolute Gasteiger partial charge is 0.161 e. The summed E-state index contributed by atoms with van der Waals surface area (Å²) in [7, 11) is 0. The van der Waals surface area contributed by atoms with Crippen LogP contribution in [0.15, 0.2) is 42.7 Å². The predicted octanol–water partition coefficient (Wildman–Crippen LogP) is 2.48. The molecule has 5 heteroatoms. The van der Waals surface area contributed by atoms with E-state index in [1.54, 1.807) is 18.5 Å². The maximum absolute atomic E-state index is 10.3. The molecule has 0 saturated carbocycles. The van der Waals surface area contributed by atoms with Crippen LogP contribution in [0.1, 0.15) is 5.56 Å². The van der Waals surface area contributed by atoms with E-state index in [0.29, 0.717) is 29.5 Å². The summed E-state index contributed by atoms with van der Waals surface area (Å²) < 4.78 is 11.4. The minimum absolute atomic E-state index is 0.320. The molecule has 2 aromatic rings. The van der Waals surface area contributed by atoms with E-state index in [1.165, 1.54) is 0 Å². The molecule has 20 heavy (non-hydrogen) atoms. The van der Waals surface area contributed by atoms with E-state index in [2.05, 4.69) is 4.98 Å². The Morgan fingerprint density at radius 3 is 2.90 bits per heavy atom. The maximum atomic E-state index is 10.3. The Bertz CT molecular complexity index is 605. The van der Waals surface area contributed by atoms with E-state index in [4.69, 9.17) is 21.1 Å². The average Bonchev–Trinajstić information content (AvgIpc) is 2.49. The Hall–Kier alpha value is -1.78. The van der Waals surface area contributed by atoms with Crippen LogP contribution in [-0.2, 0) is 6.42 Å². The van der Waals surface area contributed by atoms with E-state index in [0.717, 1.165) is 5.56 Å². The van der Waals surface area contributed by atoms with Crippen LogP contribution < -0.4 is 9.47 Å². The van der Waals surface area contributed by atoms with Crippen molar-refractivity contribution in [1.29, 1.82) is 0 Å². The van der Waals surface area contributed by atoms with E-state index in [1.807, 2.05) is 24.3 Å².